The number of hydrogen-bond acceptors (Lipinski definition) is 4. The first kappa shape index (κ1) is 17.6. The van der Waals surface area contributed by atoms with Crippen molar-refractivity contribution < 1.29 is 24.3 Å². The molecule has 1 amide bonds. The molecule has 2 aliphatic rings. The number of amides is 1. The van der Waals surface area contributed by atoms with Crippen LogP contribution in [0.2, 0.25) is 0 Å². The molecule has 0 saturated carbocycles. The highest BCUT2D eigenvalue weighted by Gasteiger charge is 2.42. The van der Waals surface area contributed by atoms with Gasteiger partial charge in [0, 0.05) is 0 Å². The number of ether oxygens (including phenoxy) is 1. The summed E-state index contributed by atoms with van der Waals surface area (Å²) in [5.74, 6) is -1.13. The average molecular weight is 345 g/mol. The van der Waals surface area contributed by atoms with E-state index >= 15 is 0 Å². The topological polar surface area (TPSA) is 71.3 Å². The van der Waals surface area contributed by atoms with Gasteiger partial charge in [-0.15, -0.1) is 0 Å². The highest BCUT2D eigenvalue weighted by atomic mass is 16.5. The standard InChI is InChI=1S/C19H24N2O4/c1-13-3-5-15(6-4-13)17-16(14(2)22)18(23)19(24)21(17)8-7-20-9-11-25-12-10-20/h3-6,17,23H,7-12H2,1-2H3/p+1/t17-/m1/s1. The van der Waals surface area contributed by atoms with E-state index in [1.54, 1.807) is 4.90 Å². The SMILES string of the molecule is CC(=O)C1=C(O)C(=O)N(CC[NH+]2CCOCC2)[C@@H]1c1ccc(C)cc1. The summed E-state index contributed by atoms with van der Waals surface area (Å²) in [4.78, 5) is 27.7. The number of Topliss-reactive ketones (excluding diaryl/α,β-unsaturated/α-hetero) is 1. The van der Waals surface area contributed by atoms with Crippen LogP contribution in [0.3, 0.4) is 0 Å². The van der Waals surface area contributed by atoms with Gasteiger partial charge in [-0.05, 0) is 19.4 Å². The molecule has 2 aliphatic heterocycles. The number of carbonyl (C=O) groups is 2. The lowest BCUT2D eigenvalue weighted by molar-refractivity contribution is -0.907. The summed E-state index contributed by atoms with van der Waals surface area (Å²) >= 11 is 0. The summed E-state index contributed by atoms with van der Waals surface area (Å²) in [5, 5.41) is 10.3. The third-order valence-corrected chi connectivity index (χ3v) is 4.98. The molecular weight excluding hydrogens is 320 g/mol. The Kier molecular flexibility index (Phi) is 5.20. The number of hydrogen-bond donors (Lipinski definition) is 2. The number of aryl methyl sites for hydroxylation is 1. The van der Waals surface area contributed by atoms with Gasteiger partial charge in [0.25, 0.3) is 5.91 Å². The quantitative estimate of drug-likeness (QED) is 0.800. The second-order valence-corrected chi connectivity index (χ2v) is 6.74. The minimum absolute atomic E-state index is 0.200. The van der Waals surface area contributed by atoms with Gasteiger partial charge >= 0.3 is 0 Å². The van der Waals surface area contributed by atoms with E-state index in [4.69, 9.17) is 4.74 Å². The molecule has 134 valence electrons. The Morgan fingerprint density at radius 2 is 1.92 bits per heavy atom. The molecule has 1 saturated heterocycles. The molecule has 0 aliphatic carbocycles. The Bertz CT molecular complexity index is 690. The lowest BCUT2D eigenvalue weighted by Gasteiger charge is -2.30. The Balaban J connectivity index is 1.85. The molecule has 1 aromatic rings. The number of nitrogens with zero attached hydrogens (tertiary/aromatic N) is 1. The number of morpholine rings is 1. The first-order chi connectivity index (χ1) is 12.0. The van der Waals surface area contributed by atoms with Crippen LogP contribution < -0.4 is 4.90 Å². The van der Waals surface area contributed by atoms with Gasteiger partial charge in [0.1, 0.15) is 13.1 Å². The minimum atomic E-state index is -0.508. The fourth-order valence-corrected chi connectivity index (χ4v) is 3.53. The zero-order valence-corrected chi connectivity index (χ0v) is 14.7. The summed E-state index contributed by atoms with van der Waals surface area (Å²) in [6.45, 7) is 7.94. The number of carbonyl (C=O) groups excluding carboxylic acids is 2. The second-order valence-electron chi connectivity index (χ2n) is 6.74. The number of benzene rings is 1. The van der Waals surface area contributed by atoms with Crippen LogP contribution in [0.5, 0.6) is 0 Å². The minimum Gasteiger partial charge on any atom is -0.503 e. The van der Waals surface area contributed by atoms with E-state index in [1.165, 1.54) is 11.8 Å². The molecule has 25 heavy (non-hydrogen) atoms. The van der Waals surface area contributed by atoms with Crippen molar-refractivity contribution in [2.24, 2.45) is 0 Å². The van der Waals surface area contributed by atoms with E-state index in [-0.39, 0.29) is 11.4 Å². The molecule has 1 aromatic carbocycles. The van der Waals surface area contributed by atoms with Crippen molar-refractivity contribution in [3.05, 3.63) is 46.7 Å². The van der Waals surface area contributed by atoms with Crippen LogP contribution in [0.1, 0.15) is 24.1 Å². The molecule has 2 heterocycles. The zero-order chi connectivity index (χ0) is 18.0. The molecule has 6 heteroatoms. The van der Waals surface area contributed by atoms with Crippen molar-refractivity contribution in [1.82, 2.24) is 4.90 Å². The van der Waals surface area contributed by atoms with Crippen LogP contribution >= 0.6 is 0 Å². The van der Waals surface area contributed by atoms with Crippen molar-refractivity contribution in [1.29, 1.82) is 0 Å². The Morgan fingerprint density at radius 3 is 2.52 bits per heavy atom. The number of nitrogens with one attached hydrogen (secondary N) is 1. The maximum Gasteiger partial charge on any atom is 0.290 e. The normalized spacial score (nSPS) is 21.9. The summed E-state index contributed by atoms with van der Waals surface area (Å²) in [5.41, 5.74) is 2.16. The monoisotopic (exact) mass is 345 g/mol. The van der Waals surface area contributed by atoms with E-state index in [0.717, 1.165) is 44.0 Å². The van der Waals surface area contributed by atoms with E-state index in [0.29, 0.717) is 6.54 Å². The molecule has 0 unspecified atom stereocenters. The molecule has 2 N–H and O–H groups in total. The summed E-state index contributed by atoms with van der Waals surface area (Å²) in [7, 11) is 0. The number of rotatable bonds is 5. The van der Waals surface area contributed by atoms with Gasteiger partial charge in [0.2, 0.25) is 0 Å². The Hall–Kier alpha value is -2.18. The van der Waals surface area contributed by atoms with E-state index < -0.39 is 17.7 Å². The smallest absolute Gasteiger partial charge is 0.290 e. The van der Waals surface area contributed by atoms with Crippen LogP contribution in [-0.2, 0) is 14.3 Å². The first-order valence-electron chi connectivity index (χ1n) is 8.72. The molecule has 1 fully saturated rings. The van der Waals surface area contributed by atoms with Crippen LogP contribution in [0.4, 0.5) is 0 Å². The molecule has 6 nitrogen and oxygen atoms in total. The summed E-state index contributed by atoms with van der Waals surface area (Å²) in [6, 6.07) is 7.25. The molecule has 0 spiro atoms. The van der Waals surface area contributed by atoms with Crippen molar-refractivity contribution in [3.8, 4) is 0 Å². The zero-order valence-electron chi connectivity index (χ0n) is 14.7. The molecule has 3 rings (SSSR count). The Labute approximate surface area is 147 Å². The fourth-order valence-electron chi connectivity index (χ4n) is 3.53. The number of quaternary nitrogens is 1. The lowest BCUT2D eigenvalue weighted by Crippen LogP contribution is -3.14. The number of aliphatic hydroxyl groups excluding tert-OH is 1. The number of ketones is 1. The van der Waals surface area contributed by atoms with Crippen LogP contribution in [0, 0.1) is 6.92 Å². The third-order valence-electron chi connectivity index (χ3n) is 4.98. The maximum absolute atomic E-state index is 12.6. The molecular formula is C19H25N2O4+. The van der Waals surface area contributed by atoms with E-state index in [9.17, 15) is 14.7 Å². The first-order valence-corrected chi connectivity index (χ1v) is 8.72. The van der Waals surface area contributed by atoms with Crippen LogP contribution in [-0.4, -0.2) is 61.1 Å². The molecule has 0 bridgehead atoms. The van der Waals surface area contributed by atoms with Crippen LogP contribution in [0.25, 0.3) is 0 Å². The average Bonchev–Trinajstić information content (AvgIpc) is 2.86. The van der Waals surface area contributed by atoms with Gasteiger partial charge in [0.05, 0.1) is 37.9 Å². The van der Waals surface area contributed by atoms with Crippen molar-refractivity contribution in [3.63, 3.8) is 0 Å². The highest BCUT2D eigenvalue weighted by molar-refractivity contribution is 6.08. The fraction of sp³-hybridized carbons (Fsp3) is 0.474. The third kappa shape index (κ3) is 3.60. The van der Waals surface area contributed by atoms with Gasteiger partial charge in [0.15, 0.2) is 11.5 Å². The van der Waals surface area contributed by atoms with Gasteiger partial charge in [-0.2, -0.15) is 0 Å². The van der Waals surface area contributed by atoms with Gasteiger partial charge in [-0.1, -0.05) is 29.8 Å². The molecule has 0 radical (unpaired) electrons. The second kappa shape index (κ2) is 7.37. The van der Waals surface area contributed by atoms with Crippen LogP contribution in [0.15, 0.2) is 35.6 Å². The summed E-state index contributed by atoms with van der Waals surface area (Å²) < 4.78 is 5.37. The van der Waals surface area contributed by atoms with Gasteiger partial charge in [-0.25, -0.2) is 0 Å². The van der Waals surface area contributed by atoms with Crippen molar-refractivity contribution in [2.45, 2.75) is 19.9 Å². The van der Waals surface area contributed by atoms with Gasteiger partial charge in [-0.3, -0.25) is 9.59 Å². The van der Waals surface area contributed by atoms with E-state index in [1.807, 2.05) is 31.2 Å². The number of aliphatic hydroxyl groups is 1. The van der Waals surface area contributed by atoms with Crippen molar-refractivity contribution >= 4 is 11.7 Å². The van der Waals surface area contributed by atoms with Crippen molar-refractivity contribution in [2.75, 3.05) is 39.4 Å². The predicted octanol–water partition coefficient (Wildman–Crippen LogP) is 0.195. The molecule has 1 atom stereocenters. The maximum atomic E-state index is 12.6. The highest BCUT2D eigenvalue weighted by Crippen LogP contribution is 2.37. The Morgan fingerprint density at radius 1 is 1.28 bits per heavy atom. The predicted molar refractivity (Wildman–Crippen MR) is 92.4 cm³/mol. The summed E-state index contributed by atoms with van der Waals surface area (Å²) in [6.07, 6.45) is 0. The molecule has 0 aromatic heterocycles. The van der Waals surface area contributed by atoms with E-state index in [2.05, 4.69) is 0 Å². The largest absolute Gasteiger partial charge is 0.503 e. The lowest BCUT2D eigenvalue weighted by atomic mass is 9.96. The van der Waals surface area contributed by atoms with Gasteiger partial charge < -0.3 is 19.6 Å².